The number of fused-ring (bicyclic) bond motifs is 1. The second-order valence-electron chi connectivity index (χ2n) is 6.65. The fourth-order valence-electron chi connectivity index (χ4n) is 3.26. The average molecular weight is 517 g/mol. The number of nitrogens with zero attached hydrogens (tertiary/aromatic N) is 3. The van der Waals surface area contributed by atoms with Crippen LogP contribution in [0.1, 0.15) is 24.9 Å². The Balaban J connectivity index is 2.25. The highest BCUT2D eigenvalue weighted by Gasteiger charge is 2.43. The van der Waals surface area contributed by atoms with Crippen LogP contribution in [0.3, 0.4) is 0 Å². The number of thiophene rings is 1. The Hall–Kier alpha value is -0.890. The highest BCUT2D eigenvalue weighted by molar-refractivity contribution is 7.94. The lowest BCUT2D eigenvalue weighted by molar-refractivity contribution is -0.493. The smallest absolute Gasteiger partial charge is 0.253 e. The van der Waals surface area contributed by atoms with Gasteiger partial charge in [-0.1, -0.05) is 11.3 Å². The van der Waals surface area contributed by atoms with E-state index in [2.05, 4.69) is 4.84 Å². The van der Waals surface area contributed by atoms with Crippen LogP contribution < -0.4 is 5.14 Å². The van der Waals surface area contributed by atoms with Crippen LogP contribution in [0, 0.1) is 0 Å². The molecule has 13 nitrogen and oxygen atoms in total. The number of hydrogen-bond donors (Lipinski definition) is 3. The quantitative estimate of drug-likeness (QED) is 0.178. The van der Waals surface area contributed by atoms with E-state index in [4.69, 9.17) is 25.0 Å². The van der Waals surface area contributed by atoms with Crippen LogP contribution in [-0.4, -0.2) is 97.1 Å². The Morgan fingerprint density at radius 3 is 2.72 bits per heavy atom. The molecule has 0 fully saturated rings. The van der Waals surface area contributed by atoms with Crippen LogP contribution >= 0.6 is 11.3 Å². The van der Waals surface area contributed by atoms with Gasteiger partial charge in [-0.15, -0.1) is 5.14 Å². The lowest BCUT2D eigenvalue weighted by Gasteiger charge is -2.38. The molecule has 0 saturated heterocycles. The molecule has 0 radical (unpaired) electrons. The normalized spacial score (nSPS) is 19.2. The van der Waals surface area contributed by atoms with Crippen molar-refractivity contribution in [3.63, 3.8) is 0 Å². The van der Waals surface area contributed by atoms with Gasteiger partial charge in [-0.05, 0) is 13.3 Å². The number of carbonyl (C=O) groups excluding carboxylic acids is 1. The van der Waals surface area contributed by atoms with Crippen LogP contribution in [0.5, 0.6) is 0 Å². The Bertz CT molecular complexity index is 850. The molecule has 2 atom stereocenters. The highest BCUT2D eigenvalue weighted by Crippen LogP contribution is 2.42. The third-order valence-electron chi connectivity index (χ3n) is 4.66. The molecule has 0 saturated carbocycles. The van der Waals surface area contributed by atoms with Gasteiger partial charge in [-0.25, -0.2) is 13.3 Å². The predicted molar refractivity (Wildman–Crippen MR) is 112 cm³/mol. The van der Waals surface area contributed by atoms with Crippen molar-refractivity contribution in [2.75, 3.05) is 53.2 Å². The number of amides is 1. The van der Waals surface area contributed by atoms with Gasteiger partial charge in [0, 0.05) is 45.0 Å². The summed E-state index contributed by atoms with van der Waals surface area (Å²) in [4.78, 5) is 18.7. The third-order valence-corrected chi connectivity index (χ3v) is 9.26. The minimum atomic E-state index is -3.84. The molecule has 1 aromatic rings. The van der Waals surface area contributed by atoms with Crippen molar-refractivity contribution >= 4 is 38.6 Å². The summed E-state index contributed by atoms with van der Waals surface area (Å²) < 4.78 is 49.8. The molecular formula is C16H28N4O9S3. The Morgan fingerprint density at radius 2 is 2.12 bits per heavy atom. The maximum Gasteiger partial charge on any atom is 0.253 e. The van der Waals surface area contributed by atoms with E-state index in [1.807, 2.05) is 0 Å². The van der Waals surface area contributed by atoms with E-state index in [1.165, 1.54) is 22.4 Å². The molecule has 16 heteroatoms. The van der Waals surface area contributed by atoms with E-state index in [0.717, 1.165) is 11.3 Å². The van der Waals surface area contributed by atoms with Gasteiger partial charge >= 0.3 is 0 Å². The van der Waals surface area contributed by atoms with E-state index in [1.54, 1.807) is 6.92 Å². The molecule has 4 N–H and O–H groups in total. The number of methoxy groups -OCH3 is 1. The molecule has 0 aromatic carbocycles. The van der Waals surface area contributed by atoms with E-state index >= 15 is 0 Å². The van der Waals surface area contributed by atoms with Crippen molar-refractivity contribution in [3.8, 4) is 0 Å². The first kappa shape index (κ1) is 27.4. The third kappa shape index (κ3) is 6.81. The maximum atomic E-state index is 13.1. The predicted octanol–water partition coefficient (Wildman–Crippen LogP) is -0.312. The first-order chi connectivity index (χ1) is 15.1. The fourth-order valence-corrected chi connectivity index (χ4v) is 7.36. The molecule has 1 amide bonds. The number of hydrogen-bond acceptors (Lipinski definition) is 12. The van der Waals surface area contributed by atoms with Gasteiger partial charge in [-0.2, -0.15) is 4.31 Å². The summed E-state index contributed by atoms with van der Waals surface area (Å²) in [6.45, 7) is 2.02. The molecule has 2 rings (SSSR count). The molecule has 1 aliphatic rings. The monoisotopic (exact) mass is 516 g/mol. The van der Waals surface area contributed by atoms with Crippen LogP contribution in [0.15, 0.2) is 14.5 Å². The highest BCUT2D eigenvalue weighted by atomic mass is 32.3. The number of carbonyl (C=O) groups is 1. The summed E-state index contributed by atoms with van der Waals surface area (Å²) in [6, 6.07) is 0.861. The van der Waals surface area contributed by atoms with E-state index in [0.29, 0.717) is 18.6 Å². The second-order valence-corrected chi connectivity index (χ2v) is 11.1. The van der Waals surface area contributed by atoms with Crippen molar-refractivity contribution < 1.29 is 42.5 Å². The standard InChI is InChI=1S/C16H28N4O9S3/c1-3-19(14(21)11-28-7-8-29-20(22)23)13-10-18(5-4-6-27-2)32(25,26)16-12(13)9-15(30-16)31(17)24/h9,13,22-23H,3-8,10-11,17H2,1-2H3/t13-,31?/m0/s1. The molecule has 0 bridgehead atoms. The van der Waals surface area contributed by atoms with Crippen molar-refractivity contribution in [2.45, 2.75) is 27.8 Å². The van der Waals surface area contributed by atoms with Crippen LogP contribution in [0.4, 0.5) is 0 Å². The summed E-state index contributed by atoms with van der Waals surface area (Å²) >= 11 is -1.03. The summed E-state index contributed by atoms with van der Waals surface area (Å²) in [5.74, 6) is -0.397. The minimum absolute atomic E-state index is 0.0199. The Morgan fingerprint density at radius 1 is 1.41 bits per heavy atom. The van der Waals surface area contributed by atoms with Gasteiger partial charge < -0.3 is 18.9 Å². The maximum absolute atomic E-state index is 13.1. The first-order valence-electron chi connectivity index (χ1n) is 9.60. The zero-order chi connectivity index (χ0) is 23.9. The van der Waals surface area contributed by atoms with Gasteiger partial charge in [0.15, 0.2) is 0 Å². The molecule has 32 heavy (non-hydrogen) atoms. The molecule has 0 spiro atoms. The number of ether oxygens (including phenoxy) is 2. The fraction of sp³-hybridized carbons (Fsp3) is 0.688. The molecule has 0 aliphatic carbocycles. The number of rotatable bonds is 13. The van der Waals surface area contributed by atoms with E-state index in [9.17, 15) is 17.8 Å². The lowest BCUT2D eigenvalue weighted by Crippen LogP contribution is -2.48. The lowest BCUT2D eigenvalue weighted by atomic mass is 10.1. The molecule has 1 aliphatic heterocycles. The summed E-state index contributed by atoms with van der Waals surface area (Å²) in [5.41, 5.74) is 0.376. The Labute approximate surface area is 193 Å². The van der Waals surface area contributed by atoms with Crippen molar-refractivity contribution in [3.05, 3.63) is 11.6 Å². The molecule has 1 aromatic heterocycles. The zero-order valence-corrected chi connectivity index (χ0v) is 20.2. The van der Waals surface area contributed by atoms with Gasteiger partial charge in [0.05, 0.1) is 36.0 Å². The summed E-state index contributed by atoms with van der Waals surface area (Å²) in [6.07, 6.45) is 0.467. The van der Waals surface area contributed by atoms with E-state index < -0.39 is 38.7 Å². The Kier molecular flexibility index (Phi) is 10.7. The van der Waals surface area contributed by atoms with Gasteiger partial charge in [0.2, 0.25) is 10.1 Å². The topological polar surface area (TPSA) is 178 Å². The van der Waals surface area contributed by atoms with Crippen molar-refractivity contribution in [1.82, 2.24) is 14.6 Å². The summed E-state index contributed by atoms with van der Waals surface area (Å²) in [5, 5.41) is 22.0. The largest absolute Gasteiger partial charge is 0.592 e. The SMILES string of the molecule is CCN(C(=O)COCCON(O)O)[C@H]1CN(CCCOC)S(=O)(=O)c2sc([S+](N)[O-])cc21. The van der Waals surface area contributed by atoms with Crippen LogP contribution in [-0.2, 0) is 40.5 Å². The van der Waals surface area contributed by atoms with Crippen molar-refractivity contribution in [1.29, 1.82) is 0 Å². The average Bonchev–Trinajstić information content (AvgIpc) is 3.18. The first-order valence-corrected chi connectivity index (χ1v) is 13.1. The van der Waals surface area contributed by atoms with Crippen molar-refractivity contribution in [2.24, 2.45) is 5.14 Å². The van der Waals surface area contributed by atoms with Gasteiger partial charge in [0.1, 0.15) is 10.8 Å². The second kappa shape index (κ2) is 12.5. The number of nitrogens with two attached hydrogens (primary N) is 1. The minimum Gasteiger partial charge on any atom is -0.592 e. The van der Waals surface area contributed by atoms with Gasteiger partial charge in [-0.3, -0.25) is 15.2 Å². The zero-order valence-electron chi connectivity index (χ0n) is 17.7. The molecular weight excluding hydrogens is 488 g/mol. The molecule has 1 unspecified atom stereocenters. The number of likely N-dealkylation sites (N-methyl/N-ethyl adjacent to an activating group) is 1. The van der Waals surface area contributed by atoms with Crippen LogP contribution in [0.25, 0.3) is 0 Å². The summed E-state index contributed by atoms with van der Waals surface area (Å²) in [7, 11) is -2.32. The van der Waals surface area contributed by atoms with Crippen LogP contribution in [0.2, 0.25) is 0 Å². The van der Waals surface area contributed by atoms with E-state index in [-0.39, 0.29) is 47.9 Å². The molecule has 184 valence electrons. The molecule has 2 heterocycles. The number of sulfonamides is 1. The van der Waals surface area contributed by atoms with Gasteiger partial charge in [0.25, 0.3) is 10.0 Å².